The molecule has 0 radical (unpaired) electrons. The molecule has 0 amide bonds. The van der Waals surface area contributed by atoms with E-state index in [0.717, 1.165) is 16.7 Å². The molecular weight excluding hydrogens is 403 g/mol. The summed E-state index contributed by atoms with van der Waals surface area (Å²) >= 11 is 12.8. The van der Waals surface area contributed by atoms with Crippen molar-refractivity contribution in [2.24, 2.45) is 0 Å². The van der Waals surface area contributed by atoms with Crippen molar-refractivity contribution in [2.45, 2.75) is 13.5 Å². The molecule has 0 bridgehead atoms. The molecule has 3 nitrogen and oxygen atoms in total. The van der Waals surface area contributed by atoms with Crippen LogP contribution < -0.4 is 4.74 Å². The summed E-state index contributed by atoms with van der Waals surface area (Å²) in [7, 11) is 0. The molecule has 0 saturated heterocycles. The van der Waals surface area contributed by atoms with Crippen LogP contribution in [-0.2, 0) is 6.61 Å². The lowest BCUT2D eigenvalue weighted by molar-refractivity contribution is 0.306. The number of halogens is 2. The summed E-state index contributed by atoms with van der Waals surface area (Å²) in [6.45, 7) is 2.16. The van der Waals surface area contributed by atoms with Crippen LogP contribution in [0, 0.1) is 29.6 Å². The molecule has 0 saturated carbocycles. The van der Waals surface area contributed by atoms with Crippen molar-refractivity contribution in [2.75, 3.05) is 0 Å². The second kappa shape index (κ2) is 9.30. The third-order valence-corrected chi connectivity index (χ3v) is 4.89. The molecular formula is C24H16Cl2N2O. The average Bonchev–Trinajstić information content (AvgIpc) is 2.72. The van der Waals surface area contributed by atoms with Gasteiger partial charge in [0.05, 0.1) is 33.3 Å². The molecule has 0 aliphatic heterocycles. The van der Waals surface area contributed by atoms with Crippen LogP contribution in [0.4, 0.5) is 0 Å². The molecule has 0 N–H and O–H groups in total. The van der Waals surface area contributed by atoms with Crippen LogP contribution in [0.1, 0.15) is 27.8 Å². The minimum Gasteiger partial charge on any atom is -0.486 e. The zero-order valence-corrected chi connectivity index (χ0v) is 17.1. The van der Waals surface area contributed by atoms with Crippen LogP contribution in [-0.4, -0.2) is 0 Å². The molecule has 5 heteroatoms. The summed E-state index contributed by atoms with van der Waals surface area (Å²) in [4.78, 5) is 0. The molecule has 29 heavy (non-hydrogen) atoms. The van der Waals surface area contributed by atoms with Crippen LogP contribution in [0.15, 0.2) is 60.7 Å². The fourth-order valence-corrected chi connectivity index (χ4v) is 3.40. The van der Waals surface area contributed by atoms with E-state index in [0.29, 0.717) is 32.5 Å². The summed E-state index contributed by atoms with van der Waals surface area (Å²) in [5.74, 6) is 0.340. The fourth-order valence-electron chi connectivity index (χ4n) is 2.79. The number of nitrogens with zero attached hydrogens (tertiary/aromatic N) is 2. The van der Waals surface area contributed by atoms with E-state index in [-0.39, 0.29) is 6.61 Å². The number of benzene rings is 3. The van der Waals surface area contributed by atoms with Gasteiger partial charge in [-0.15, -0.1) is 0 Å². The molecule has 3 aromatic rings. The average molecular weight is 419 g/mol. The van der Waals surface area contributed by atoms with E-state index >= 15 is 0 Å². The largest absolute Gasteiger partial charge is 0.486 e. The van der Waals surface area contributed by atoms with E-state index in [4.69, 9.17) is 27.9 Å². The van der Waals surface area contributed by atoms with Crippen LogP contribution in [0.5, 0.6) is 5.75 Å². The maximum Gasteiger partial charge on any atom is 0.157 e. The first kappa shape index (κ1) is 20.5. The van der Waals surface area contributed by atoms with Gasteiger partial charge in [0.2, 0.25) is 0 Å². The zero-order chi connectivity index (χ0) is 20.8. The van der Waals surface area contributed by atoms with Gasteiger partial charge in [0.1, 0.15) is 6.61 Å². The molecule has 0 heterocycles. The van der Waals surface area contributed by atoms with Crippen LogP contribution in [0.2, 0.25) is 10.0 Å². The summed E-state index contributed by atoms with van der Waals surface area (Å²) in [6, 6.07) is 22.6. The Morgan fingerprint density at radius 1 is 1.00 bits per heavy atom. The zero-order valence-electron chi connectivity index (χ0n) is 15.6. The minimum atomic E-state index is 0.172. The first-order valence-corrected chi connectivity index (χ1v) is 9.56. The van der Waals surface area contributed by atoms with Gasteiger partial charge in [0.25, 0.3) is 0 Å². The lowest BCUT2D eigenvalue weighted by Crippen LogP contribution is -1.99. The Morgan fingerprint density at radius 3 is 2.28 bits per heavy atom. The predicted molar refractivity (Wildman–Crippen MR) is 117 cm³/mol. The van der Waals surface area contributed by atoms with E-state index in [1.165, 1.54) is 0 Å². The number of hydrogen-bond acceptors (Lipinski definition) is 3. The molecule has 3 aromatic carbocycles. The van der Waals surface area contributed by atoms with Crippen molar-refractivity contribution in [1.29, 1.82) is 10.5 Å². The fraction of sp³-hybridized carbons (Fsp3) is 0.0833. The highest BCUT2D eigenvalue weighted by molar-refractivity contribution is 6.37. The molecule has 0 unspecified atom stereocenters. The van der Waals surface area contributed by atoms with Gasteiger partial charge in [-0.2, -0.15) is 10.5 Å². The van der Waals surface area contributed by atoms with Crippen molar-refractivity contribution in [3.8, 4) is 17.9 Å². The monoisotopic (exact) mass is 418 g/mol. The minimum absolute atomic E-state index is 0.172. The Balaban J connectivity index is 1.86. The highest BCUT2D eigenvalue weighted by Crippen LogP contribution is 2.36. The van der Waals surface area contributed by atoms with Gasteiger partial charge in [-0.05, 0) is 42.3 Å². The first-order valence-electron chi connectivity index (χ1n) is 8.80. The van der Waals surface area contributed by atoms with Gasteiger partial charge in [-0.1, -0.05) is 71.2 Å². The number of nitriles is 2. The molecule has 3 rings (SSSR count). The van der Waals surface area contributed by atoms with Gasteiger partial charge in [-0.3, -0.25) is 0 Å². The topological polar surface area (TPSA) is 56.8 Å². The van der Waals surface area contributed by atoms with E-state index in [9.17, 15) is 10.5 Å². The van der Waals surface area contributed by atoms with Crippen molar-refractivity contribution in [3.05, 3.63) is 98.5 Å². The van der Waals surface area contributed by atoms with Crippen molar-refractivity contribution in [1.82, 2.24) is 0 Å². The molecule has 142 valence electrons. The lowest BCUT2D eigenvalue weighted by Gasteiger charge is -2.12. The maximum atomic E-state index is 9.53. The van der Waals surface area contributed by atoms with Crippen LogP contribution >= 0.6 is 23.2 Å². The van der Waals surface area contributed by atoms with E-state index in [1.807, 2.05) is 43.3 Å². The van der Waals surface area contributed by atoms with E-state index < -0.39 is 0 Å². The van der Waals surface area contributed by atoms with Gasteiger partial charge in [0, 0.05) is 5.56 Å². The lowest BCUT2D eigenvalue weighted by atomic mass is 10.0. The number of allylic oxidation sites excluding steroid dienone is 1. The quantitative estimate of drug-likeness (QED) is 0.337. The molecule has 0 fully saturated rings. The van der Waals surface area contributed by atoms with Gasteiger partial charge >= 0.3 is 0 Å². The normalized spacial score (nSPS) is 10.9. The number of hydrogen-bond donors (Lipinski definition) is 0. The summed E-state index contributed by atoms with van der Waals surface area (Å²) in [6.07, 6.45) is 1.73. The molecule has 0 aromatic heterocycles. The first-order chi connectivity index (χ1) is 14.0. The number of rotatable bonds is 5. The van der Waals surface area contributed by atoms with Gasteiger partial charge in [-0.25, -0.2) is 0 Å². The Bertz CT molecular complexity index is 1130. The second-order valence-corrected chi connectivity index (χ2v) is 7.22. The molecule has 0 aliphatic rings. The highest BCUT2D eigenvalue weighted by atomic mass is 35.5. The smallest absolute Gasteiger partial charge is 0.157 e. The molecule has 0 atom stereocenters. The number of ether oxygens (including phenoxy) is 1. The Labute approximate surface area is 180 Å². The number of aryl methyl sites for hydroxylation is 1. The van der Waals surface area contributed by atoms with Gasteiger partial charge in [0.15, 0.2) is 5.75 Å². The summed E-state index contributed by atoms with van der Waals surface area (Å²) in [5, 5.41) is 19.4. The van der Waals surface area contributed by atoms with Crippen LogP contribution in [0.25, 0.3) is 11.6 Å². The standard InChI is InChI=1S/C24H16Cl2N2O/c1-16-6-8-18(9-7-16)21(14-28)10-17-11-22(25)24(23(26)12-17)29-15-20-5-3-2-4-19(20)13-27/h2-12H,15H2,1H3/b21-10-. The Kier molecular flexibility index (Phi) is 6.57. The SMILES string of the molecule is Cc1ccc(/C(C#N)=C\c2cc(Cl)c(OCc3ccccc3C#N)c(Cl)c2)cc1. The molecule has 0 spiro atoms. The third-order valence-electron chi connectivity index (χ3n) is 4.32. The van der Waals surface area contributed by atoms with Crippen molar-refractivity contribution in [3.63, 3.8) is 0 Å². The second-order valence-electron chi connectivity index (χ2n) is 6.41. The van der Waals surface area contributed by atoms with E-state index in [1.54, 1.807) is 30.3 Å². The van der Waals surface area contributed by atoms with Crippen molar-refractivity contribution >= 4 is 34.9 Å². The third kappa shape index (κ3) is 4.98. The predicted octanol–water partition coefficient (Wildman–Crippen LogP) is 6.82. The Morgan fingerprint density at radius 2 is 1.66 bits per heavy atom. The van der Waals surface area contributed by atoms with Crippen LogP contribution in [0.3, 0.4) is 0 Å². The summed E-state index contributed by atoms with van der Waals surface area (Å²) in [5.41, 5.74) is 4.43. The summed E-state index contributed by atoms with van der Waals surface area (Å²) < 4.78 is 5.78. The van der Waals surface area contributed by atoms with Gasteiger partial charge < -0.3 is 4.74 Å². The maximum absolute atomic E-state index is 9.53. The highest BCUT2D eigenvalue weighted by Gasteiger charge is 2.12. The van der Waals surface area contributed by atoms with Crippen molar-refractivity contribution < 1.29 is 4.74 Å². The Hall–Kier alpha value is -3.24. The molecule has 0 aliphatic carbocycles. The van der Waals surface area contributed by atoms with E-state index in [2.05, 4.69) is 12.1 Å².